The zero-order chi connectivity index (χ0) is 12.7. The summed E-state index contributed by atoms with van der Waals surface area (Å²) in [6.07, 6.45) is 4.88. The maximum Gasteiger partial charge on any atom is 0.373 e. The Labute approximate surface area is 99.8 Å². The van der Waals surface area contributed by atoms with Crippen LogP contribution in [0.25, 0.3) is 6.08 Å². The van der Waals surface area contributed by atoms with Gasteiger partial charge in [0.1, 0.15) is 5.75 Å². The van der Waals surface area contributed by atoms with Gasteiger partial charge < -0.3 is 14.6 Å². The van der Waals surface area contributed by atoms with E-state index in [1.165, 1.54) is 20.3 Å². The van der Waals surface area contributed by atoms with Crippen LogP contribution in [-0.2, 0) is 14.3 Å². The second-order valence-electron chi connectivity index (χ2n) is 3.18. The molecule has 1 rings (SSSR count). The Kier molecular flexibility index (Phi) is 4.81. The van der Waals surface area contributed by atoms with E-state index in [1.54, 1.807) is 30.4 Å². The average molecular weight is 234 g/mol. The summed E-state index contributed by atoms with van der Waals surface area (Å²) in [6, 6.07) is 6.75. The molecule has 4 nitrogen and oxygen atoms in total. The summed E-state index contributed by atoms with van der Waals surface area (Å²) in [5.74, 6) is -0.229. The third-order valence-corrected chi connectivity index (χ3v) is 2.01. The summed E-state index contributed by atoms with van der Waals surface area (Å²) in [5.41, 5.74) is 0.821. The van der Waals surface area contributed by atoms with E-state index in [0.717, 1.165) is 5.56 Å². The van der Waals surface area contributed by atoms with Crippen LogP contribution in [0.5, 0.6) is 5.75 Å². The second-order valence-corrected chi connectivity index (χ2v) is 3.18. The zero-order valence-electron chi connectivity index (χ0n) is 9.71. The number of hydrogen-bond acceptors (Lipinski definition) is 4. The van der Waals surface area contributed by atoms with E-state index in [2.05, 4.69) is 4.74 Å². The van der Waals surface area contributed by atoms with Gasteiger partial charge in [-0.1, -0.05) is 24.3 Å². The maximum atomic E-state index is 11.2. The number of ether oxygens (including phenoxy) is 2. The molecule has 0 spiro atoms. The lowest BCUT2D eigenvalue weighted by molar-refractivity contribution is -0.139. The van der Waals surface area contributed by atoms with Gasteiger partial charge in [0, 0.05) is 0 Å². The first-order valence-electron chi connectivity index (χ1n) is 4.97. The van der Waals surface area contributed by atoms with Crippen molar-refractivity contribution in [2.24, 2.45) is 0 Å². The monoisotopic (exact) mass is 234 g/mol. The van der Waals surface area contributed by atoms with Gasteiger partial charge in [-0.2, -0.15) is 0 Å². The van der Waals surface area contributed by atoms with Crippen molar-refractivity contribution in [2.45, 2.75) is 0 Å². The Morgan fingerprint density at radius 2 is 2.06 bits per heavy atom. The molecule has 1 aromatic carbocycles. The summed E-state index contributed by atoms with van der Waals surface area (Å²) < 4.78 is 9.37. The van der Waals surface area contributed by atoms with Crippen LogP contribution >= 0.6 is 0 Å². The van der Waals surface area contributed by atoms with Gasteiger partial charge in [0.15, 0.2) is 0 Å². The lowest BCUT2D eigenvalue weighted by Crippen LogP contribution is -2.05. The SMILES string of the molecule is COC(=O)C(=CC=Cc1cccc(O)c1)OC. The van der Waals surface area contributed by atoms with Crippen LogP contribution in [0.15, 0.2) is 42.2 Å². The average Bonchev–Trinajstić information content (AvgIpc) is 2.34. The fraction of sp³-hybridized carbons (Fsp3) is 0.154. The van der Waals surface area contributed by atoms with E-state index in [0.29, 0.717) is 0 Å². The van der Waals surface area contributed by atoms with Crippen molar-refractivity contribution in [2.75, 3.05) is 14.2 Å². The number of allylic oxidation sites excluding steroid dienone is 2. The summed E-state index contributed by atoms with van der Waals surface area (Å²) in [6.45, 7) is 0. The van der Waals surface area contributed by atoms with E-state index in [9.17, 15) is 9.90 Å². The van der Waals surface area contributed by atoms with Crippen molar-refractivity contribution in [3.63, 3.8) is 0 Å². The third kappa shape index (κ3) is 4.03. The zero-order valence-corrected chi connectivity index (χ0v) is 9.71. The number of methoxy groups -OCH3 is 2. The molecule has 0 atom stereocenters. The highest BCUT2D eigenvalue weighted by molar-refractivity contribution is 5.86. The molecule has 0 bridgehead atoms. The van der Waals surface area contributed by atoms with Gasteiger partial charge in [-0.3, -0.25) is 0 Å². The summed E-state index contributed by atoms with van der Waals surface area (Å²) in [5, 5.41) is 9.25. The summed E-state index contributed by atoms with van der Waals surface area (Å²) >= 11 is 0. The fourth-order valence-corrected chi connectivity index (χ4v) is 1.20. The first kappa shape index (κ1) is 12.8. The minimum absolute atomic E-state index is 0.115. The molecule has 17 heavy (non-hydrogen) atoms. The lowest BCUT2D eigenvalue weighted by Gasteiger charge is -2.01. The van der Waals surface area contributed by atoms with Gasteiger partial charge in [0.2, 0.25) is 5.76 Å². The van der Waals surface area contributed by atoms with Gasteiger partial charge >= 0.3 is 5.97 Å². The number of benzene rings is 1. The summed E-state index contributed by atoms with van der Waals surface area (Å²) in [4.78, 5) is 11.2. The Morgan fingerprint density at radius 1 is 1.29 bits per heavy atom. The van der Waals surface area contributed by atoms with Crippen molar-refractivity contribution in [1.29, 1.82) is 0 Å². The van der Waals surface area contributed by atoms with Gasteiger partial charge in [0.25, 0.3) is 0 Å². The maximum absolute atomic E-state index is 11.2. The molecule has 0 aliphatic heterocycles. The standard InChI is InChI=1S/C13H14O4/c1-16-12(13(15)17-2)8-4-6-10-5-3-7-11(14)9-10/h3-9,14H,1-2H3. The Balaban J connectivity index is 2.77. The number of carbonyl (C=O) groups excluding carboxylic acids is 1. The first-order chi connectivity index (χ1) is 8.17. The molecule has 4 heteroatoms. The minimum Gasteiger partial charge on any atom is -0.508 e. The molecule has 1 aromatic rings. The van der Waals surface area contributed by atoms with Gasteiger partial charge in [0.05, 0.1) is 14.2 Å². The molecule has 0 aliphatic carbocycles. The molecule has 0 aromatic heterocycles. The number of esters is 1. The van der Waals surface area contributed by atoms with Gasteiger partial charge in [-0.25, -0.2) is 4.79 Å². The van der Waals surface area contributed by atoms with Crippen LogP contribution in [0.1, 0.15) is 5.56 Å². The van der Waals surface area contributed by atoms with E-state index in [-0.39, 0.29) is 11.5 Å². The van der Waals surface area contributed by atoms with Crippen LogP contribution in [0.2, 0.25) is 0 Å². The molecular formula is C13H14O4. The van der Waals surface area contributed by atoms with Gasteiger partial charge in [-0.15, -0.1) is 0 Å². The fourth-order valence-electron chi connectivity index (χ4n) is 1.20. The van der Waals surface area contributed by atoms with Crippen LogP contribution in [0, 0.1) is 0 Å². The third-order valence-electron chi connectivity index (χ3n) is 2.01. The summed E-state index contributed by atoms with van der Waals surface area (Å²) in [7, 11) is 2.68. The Morgan fingerprint density at radius 3 is 2.65 bits per heavy atom. The van der Waals surface area contributed by atoms with Crippen molar-refractivity contribution < 1.29 is 19.4 Å². The number of hydrogen-bond donors (Lipinski definition) is 1. The van der Waals surface area contributed by atoms with Crippen molar-refractivity contribution in [3.05, 3.63) is 47.7 Å². The molecule has 0 unspecified atom stereocenters. The van der Waals surface area contributed by atoms with Crippen LogP contribution < -0.4 is 0 Å². The van der Waals surface area contributed by atoms with E-state index in [1.807, 2.05) is 6.07 Å². The number of phenolic OH excluding ortho intramolecular Hbond substituents is 1. The normalized spacial score (nSPS) is 11.5. The highest BCUT2D eigenvalue weighted by Gasteiger charge is 2.06. The van der Waals surface area contributed by atoms with Crippen molar-refractivity contribution in [1.82, 2.24) is 0 Å². The lowest BCUT2D eigenvalue weighted by atomic mass is 10.2. The van der Waals surface area contributed by atoms with Crippen molar-refractivity contribution in [3.8, 4) is 5.75 Å². The second kappa shape index (κ2) is 6.37. The molecule has 0 fully saturated rings. The van der Waals surface area contributed by atoms with Crippen LogP contribution in [0.4, 0.5) is 0 Å². The number of phenols is 1. The smallest absolute Gasteiger partial charge is 0.373 e. The molecule has 0 saturated heterocycles. The molecule has 0 saturated carbocycles. The molecule has 1 N–H and O–H groups in total. The molecule has 0 heterocycles. The topological polar surface area (TPSA) is 55.8 Å². The van der Waals surface area contributed by atoms with Gasteiger partial charge in [-0.05, 0) is 23.8 Å². The number of carbonyl (C=O) groups is 1. The predicted molar refractivity (Wildman–Crippen MR) is 64.2 cm³/mol. The molecule has 0 radical (unpaired) electrons. The Hall–Kier alpha value is -2.23. The molecular weight excluding hydrogens is 220 g/mol. The molecule has 0 amide bonds. The Bertz CT molecular complexity index is 446. The number of rotatable bonds is 4. The van der Waals surface area contributed by atoms with E-state index < -0.39 is 5.97 Å². The quantitative estimate of drug-likeness (QED) is 0.375. The molecule has 0 aliphatic rings. The van der Waals surface area contributed by atoms with Crippen LogP contribution in [0.3, 0.4) is 0 Å². The van der Waals surface area contributed by atoms with Crippen LogP contribution in [-0.4, -0.2) is 25.3 Å². The molecule has 90 valence electrons. The van der Waals surface area contributed by atoms with E-state index in [4.69, 9.17) is 4.74 Å². The first-order valence-corrected chi connectivity index (χ1v) is 4.97. The minimum atomic E-state index is -0.534. The van der Waals surface area contributed by atoms with Crippen molar-refractivity contribution >= 4 is 12.0 Å². The highest BCUT2D eigenvalue weighted by Crippen LogP contribution is 2.12. The predicted octanol–water partition coefficient (Wildman–Crippen LogP) is 2.11. The largest absolute Gasteiger partial charge is 0.508 e. The van der Waals surface area contributed by atoms with E-state index >= 15 is 0 Å². The number of aromatic hydroxyl groups is 1. The highest BCUT2D eigenvalue weighted by atomic mass is 16.6.